The summed E-state index contributed by atoms with van der Waals surface area (Å²) in [5, 5.41) is 6.10. The molecule has 5 rings (SSSR count). The van der Waals surface area contributed by atoms with Crippen LogP contribution in [0.5, 0.6) is 11.5 Å². The number of rotatable bonds is 6. The summed E-state index contributed by atoms with van der Waals surface area (Å²) in [7, 11) is 0. The number of fused-ring (bicyclic) bond motifs is 1. The zero-order valence-electron chi connectivity index (χ0n) is 19.1. The summed E-state index contributed by atoms with van der Waals surface area (Å²) < 4.78 is 7.82. The first-order valence-electron chi connectivity index (χ1n) is 11.4. The number of benzene rings is 2. The first kappa shape index (κ1) is 23.0. The number of carbonyl (C=O) groups is 1. The van der Waals surface area contributed by atoms with Crippen molar-refractivity contribution in [3.05, 3.63) is 73.1 Å². The molecule has 0 bridgehead atoms. The predicted octanol–water partition coefficient (Wildman–Crippen LogP) is 4.98. The minimum Gasteiger partial charge on any atom is -0.457 e. The van der Waals surface area contributed by atoms with Gasteiger partial charge in [-0.2, -0.15) is 5.10 Å². The standard InChI is InChI=1S/C26H25BrN6O2/c1-17(14-27)26(34)32-13-5-6-19(15-32)33-25-22(24(28)29-16-30-25)23(31-33)18-9-11-21(12-10-18)35-20-7-3-2-4-8-20/h2-4,7-12,16,19H,1,5-6,13-15H2,(H2,28,29,30)/t19-/m1/s1. The third kappa shape index (κ3) is 4.64. The van der Waals surface area contributed by atoms with Crippen LogP contribution in [0, 0.1) is 0 Å². The van der Waals surface area contributed by atoms with E-state index in [1.165, 1.54) is 6.33 Å². The Hall–Kier alpha value is -3.72. The number of halogens is 1. The van der Waals surface area contributed by atoms with Crippen molar-refractivity contribution in [2.75, 3.05) is 24.2 Å². The van der Waals surface area contributed by atoms with Gasteiger partial charge in [-0.15, -0.1) is 0 Å². The molecule has 1 aliphatic heterocycles. The van der Waals surface area contributed by atoms with Gasteiger partial charge in [-0.25, -0.2) is 14.6 Å². The summed E-state index contributed by atoms with van der Waals surface area (Å²) in [6.07, 6.45) is 3.21. The summed E-state index contributed by atoms with van der Waals surface area (Å²) in [4.78, 5) is 23.3. The Morgan fingerprint density at radius 1 is 1.11 bits per heavy atom. The number of nitrogens with two attached hydrogens (primary N) is 1. The summed E-state index contributed by atoms with van der Waals surface area (Å²) in [5.41, 5.74) is 9.09. The fourth-order valence-electron chi connectivity index (χ4n) is 4.38. The molecule has 0 unspecified atom stereocenters. The lowest BCUT2D eigenvalue weighted by Gasteiger charge is -2.33. The highest BCUT2D eigenvalue weighted by Crippen LogP contribution is 2.35. The van der Waals surface area contributed by atoms with Gasteiger partial charge in [0.25, 0.3) is 0 Å². The molecule has 2 aromatic heterocycles. The second-order valence-electron chi connectivity index (χ2n) is 8.47. The highest BCUT2D eigenvalue weighted by atomic mass is 79.9. The van der Waals surface area contributed by atoms with Gasteiger partial charge in [-0.1, -0.05) is 40.7 Å². The molecule has 1 saturated heterocycles. The van der Waals surface area contributed by atoms with E-state index >= 15 is 0 Å². The van der Waals surface area contributed by atoms with Crippen molar-refractivity contribution < 1.29 is 9.53 Å². The van der Waals surface area contributed by atoms with Gasteiger partial charge >= 0.3 is 0 Å². The molecule has 0 radical (unpaired) electrons. The zero-order valence-corrected chi connectivity index (χ0v) is 20.7. The average molecular weight is 533 g/mol. The van der Waals surface area contributed by atoms with Crippen LogP contribution in [-0.2, 0) is 4.79 Å². The van der Waals surface area contributed by atoms with Crippen LogP contribution >= 0.6 is 15.9 Å². The topological polar surface area (TPSA) is 99.2 Å². The van der Waals surface area contributed by atoms with E-state index in [9.17, 15) is 4.79 Å². The molecular weight excluding hydrogens is 508 g/mol. The van der Waals surface area contributed by atoms with Crippen molar-refractivity contribution in [1.82, 2.24) is 24.6 Å². The molecule has 1 aliphatic rings. The van der Waals surface area contributed by atoms with Crippen molar-refractivity contribution in [3.8, 4) is 22.8 Å². The lowest BCUT2D eigenvalue weighted by molar-refractivity contribution is -0.128. The van der Waals surface area contributed by atoms with Gasteiger partial charge in [0, 0.05) is 29.6 Å². The molecule has 0 spiro atoms. The summed E-state index contributed by atoms with van der Waals surface area (Å²) in [5.74, 6) is 1.83. The van der Waals surface area contributed by atoms with Gasteiger partial charge in [-0.05, 0) is 49.2 Å². The van der Waals surface area contributed by atoms with Crippen molar-refractivity contribution in [2.24, 2.45) is 0 Å². The molecule has 3 heterocycles. The maximum absolute atomic E-state index is 12.7. The van der Waals surface area contributed by atoms with E-state index < -0.39 is 0 Å². The number of hydrogen-bond donors (Lipinski definition) is 1. The molecule has 4 aromatic rings. The molecule has 1 amide bonds. The Balaban J connectivity index is 1.48. The second-order valence-corrected chi connectivity index (χ2v) is 9.04. The second kappa shape index (κ2) is 9.87. The molecule has 35 heavy (non-hydrogen) atoms. The SMILES string of the molecule is C=C(CBr)C(=O)N1CCC[C@@H](n2nc(-c3ccc(Oc4ccccc4)cc3)c3c(N)ncnc32)C1. The number of nitrogens with zero attached hydrogens (tertiary/aromatic N) is 5. The normalized spacial score (nSPS) is 15.8. The largest absolute Gasteiger partial charge is 0.457 e. The quantitative estimate of drug-likeness (QED) is 0.277. The van der Waals surface area contributed by atoms with Crippen LogP contribution in [0.25, 0.3) is 22.3 Å². The minimum absolute atomic E-state index is 0.0259. The van der Waals surface area contributed by atoms with Crippen LogP contribution in [0.4, 0.5) is 5.82 Å². The first-order chi connectivity index (χ1) is 17.0. The van der Waals surface area contributed by atoms with Crippen LogP contribution in [0.15, 0.2) is 73.1 Å². The van der Waals surface area contributed by atoms with Gasteiger partial charge < -0.3 is 15.4 Å². The van der Waals surface area contributed by atoms with E-state index in [4.69, 9.17) is 15.6 Å². The minimum atomic E-state index is -0.0357. The number of piperidine rings is 1. The van der Waals surface area contributed by atoms with Crippen molar-refractivity contribution in [3.63, 3.8) is 0 Å². The van der Waals surface area contributed by atoms with E-state index in [2.05, 4.69) is 32.5 Å². The van der Waals surface area contributed by atoms with E-state index in [1.807, 2.05) is 64.2 Å². The zero-order chi connectivity index (χ0) is 24.4. The third-order valence-corrected chi connectivity index (χ3v) is 6.80. The van der Waals surface area contributed by atoms with Crippen molar-refractivity contribution >= 4 is 38.7 Å². The Bertz CT molecular complexity index is 1370. The van der Waals surface area contributed by atoms with Gasteiger partial charge in [0.2, 0.25) is 5.91 Å². The number of ether oxygens (including phenoxy) is 1. The van der Waals surface area contributed by atoms with Gasteiger partial charge in [0.15, 0.2) is 5.65 Å². The summed E-state index contributed by atoms with van der Waals surface area (Å²) in [6, 6.07) is 17.3. The molecule has 8 nitrogen and oxygen atoms in total. The Morgan fingerprint density at radius 3 is 2.60 bits per heavy atom. The number of anilines is 1. The maximum Gasteiger partial charge on any atom is 0.250 e. The fraction of sp³-hybridized carbons (Fsp3) is 0.231. The Kier molecular flexibility index (Phi) is 6.50. The first-order valence-corrected chi connectivity index (χ1v) is 12.5. The van der Waals surface area contributed by atoms with Crippen LogP contribution in [-0.4, -0.2) is 49.0 Å². The van der Waals surface area contributed by atoms with Gasteiger partial charge in [0.1, 0.15) is 29.3 Å². The summed E-state index contributed by atoms with van der Waals surface area (Å²) >= 11 is 3.33. The number of para-hydroxylation sites is 1. The number of nitrogen functional groups attached to an aromatic ring is 1. The molecule has 1 fully saturated rings. The Morgan fingerprint density at radius 2 is 1.86 bits per heavy atom. The van der Waals surface area contributed by atoms with Crippen molar-refractivity contribution in [2.45, 2.75) is 18.9 Å². The van der Waals surface area contributed by atoms with Crippen molar-refractivity contribution in [1.29, 1.82) is 0 Å². The highest BCUT2D eigenvalue weighted by molar-refractivity contribution is 9.09. The maximum atomic E-state index is 12.7. The Labute approximate surface area is 211 Å². The van der Waals surface area contributed by atoms with E-state index in [0.29, 0.717) is 46.5 Å². The third-order valence-electron chi connectivity index (χ3n) is 6.12. The predicted molar refractivity (Wildman–Crippen MR) is 139 cm³/mol. The molecule has 9 heteroatoms. The number of carbonyl (C=O) groups excluding carboxylic acids is 1. The van der Waals surface area contributed by atoms with Crippen LogP contribution in [0.1, 0.15) is 18.9 Å². The van der Waals surface area contributed by atoms with Crippen LogP contribution in [0.2, 0.25) is 0 Å². The smallest absolute Gasteiger partial charge is 0.250 e. The lowest BCUT2D eigenvalue weighted by Crippen LogP contribution is -2.41. The number of alkyl halides is 1. The van der Waals surface area contributed by atoms with E-state index in [1.54, 1.807) is 0 Å². The van der Waals surface area contributed by atoms with Gasteiger partial charge in [-0.3, -0.25) is 4.79 Å². The fourth-order valence-corrected chi connectivity index (χ4v) is 4.62. The molecular formula is C26H25BrN6O2. The molecule has 2 aromatic carbocycles. The lowest BCUT2D eigenvalue weighted by atomic mass is 10.0. The highest BCUT2D eigenvalue weighted by Gasteiger charge is 2.29. The number of hydrogen-bond acceptors (Lipinski definition) is 6. The molecule has 178 valence electrons. The summed E-state index contributed by atoms with van der Waals surface area (Å²) in [6.45, 7) is 5.12. The van der Waals surface area contributed by atoms with Crippen LogP contribution in [0.3, 0.4) is 0 Å². The average Bonchev–Trinajstić information content (AvgIpc) is 3.30. The van der Waals surface area contributed by atoms with Gasteiger partial charge in [0.05, 0.1) is 11.4 Å². The molecule has 2 N–H and O–H groups in total. The molecule has 1 atom stereocenters. The molecule has 0 aliphatic carbocycles. The van der Waals surface area contributed by atoms with E-state index in [-0.39, 0.29) is 11.9 Å². The number of aromatic nitrogens is 4. The number of likely N-dealkylation sites (tertiary alicyclic amines) is 1. The molecule has 0 saturated carbocycles. The van der Waals surface area contributed by atoms with E-state index in [0.717, 1.165) is 29.9 Å². The van der Waals surface area contributed by atoms with Crippen LogP contribution < -0.4 is 10.5 Å². The monoisotopic (exact) mass is 532 g/mol. The number of amides is 1.